The second-order valence-corrected chi connectivity index (χ2v) is 4.74. The molecule has 0 amide bonds. The summed E-state index contributed by atoms with van der Waals surface area (Å²) < 4.78 is 6.03. The highest BCUT2D eigenvalue weighted by Gasteiger charge is 2.11. The predicted molar refractivity (Wildman–Crippen MR) is 67.3 cm³/mol. The van der Waals surface area contributed by atoms with Crippen molar-refractivity contribution in [1.82, 2.24) is 0 Å². The van der Waals surface area contributed by atoms with Crippen LogP contribution in [0.1, 0.15) is 10.6 Å². The Labute approximate surface area is 110 Å². The number of furan rings is 1. The first-order chi connectivity index (χ1) is 7.61. The molecule has 0 unspecified atom stereocenters. The van der Waals surface area contributed by atoms with Gasteiger partial charge in [-0.15, -0.1) is 0 Å². The number of hydrogen-bond donors (Lipinski definition) is 0. The molecule has 5 heteroatoms. The molecule has 0 saturated heterocycles. The molecule has 1 aromatic carbocycles. The van der Waals surface area contributed by atoms with Gasteiger partial charge in [-0.25, -0.2) is 0 Å². The average Bonchev–Trinajstić information content (AvgIpc) is 2.64. The normalized spacial score (nSPS) is 10.4. The van der Waals surface area contributed by atoms with Crippen LogP contribution in [0.5, 0.6) is 0 Å². The van der Waals surface area contributed by atoms with E-state index in [9.17, 15) is 4.79 Å². The summed E-state index contributed by atoms with van der Waals surface area (Å²) in [6, 6.07) is 6.73. The van der Waals surface area contributed by atoms with Crippen LogP contribution in [0, 0.1) is 0 Å². The molecular weight excluding hydrogens is 315 g/mol. The number of rotatable bonds is 2. The Balaban J connectivity index is 2.53. The summed E-state index contributed by atoms with van der Waals surface area (Å²) >= 11 is 15.0. The third kappa shape index (κ3) is 2.17. The zero-order valence-corrected chi connectivity index (χ0v) is 10.9. The molecule has 0 spiro atoms. The van der Waals surface area contributed by atoms with Gasteiger partial charge in [0.2, 0.25) is 0 Å². The molecule has 16 heavy (non-hydrogen) atoms. The number of aldehydes is 1. The predicted octanol–water partition coefficient (Wildman–Crippen LogP) is 4.83. The van der Waals surface area contributed by atoms with E-state index < -0.39 is 0 Å². The van der Waals surface area contributed by atoms with Crippen LogP contribution in [-0.4, -0.2) is 6.29 Å². The van der Waals surface area contributed by atoms with Gasteiger partial charge in [-0.3, -0.25) is 4.79 Å². The van der Waals surface area contributed by atoms with Crippen LogP contribution in [-0.2, 0) is 0 Å². The summed E-state index contributed by atoms with van der Waals surface area (Å²) in [5, 5.41) is 0.916. The summed E-state index contributed by atoms with van der Waals surface area (Å²) in [4.78, 5) is 10.6. The topological polar surface area (TPSA) is 30.2 Å². The molecule has 2 aromatic rings. The highest BCUT2D eigenvalue weighted by atomic mass is 79.9. The Morgan fingerprint density at radius 2 is 1.94 bits per heavy atom. The van der Waals surface area contributed by atoms with E-state index in [-0.39, 0.29) is 5.76 Å². The highest BCUT2D eigenvalue weighted by Crippen LogP contribution is 2.34. The molecule has 0 aliphatic heterocycles. The molecule has 0 aliphatic carbocycles. The number of halogens is 3. The molecule has 0 bridgehead atoms. The molecule has 0 saturated carbocycles. The minimum atomic E-state index is 0.257. The Kier molecular flexibility index (Phi) is 3.38. The lowest BCUT2D eigenvalue weighted by Crippen LogP contribution is -1.76. The molecule has 0 radical (unpaired) electrons. The molecular formula is C11H5BrCl2O2. The maximum absolute atomic E-state index is 10.6. The Morgan fingerprint density at radius 1 is 1.19 bits per heavy atom. The van der Waals surface area contributed by atoms with Gasteiger partial charge in [0.25, 0.3) is 0 Å². The lowest BCUT2D eigenvalue weighted by atomic mass is 10.2. The van der Waals surface area contributed by atoms with E-state index in [1.54, 1.807) is 24.3 Å². The molecule has 0 aliphatic rings. The van der Waals surface area contributed by atoms with Gasteiger partial charge in [-0.2, -0.15) is 0 Å². The molecule has 0 fully saturated rings. The summed E-state index contributed by atoms with van der Waals surface area (Å²) in [7, 11) is 0. The first-order valence-electron chi connectivity index (χ1n) is 4.31. The zero-order valence-electron chi connectivity index (χ0n) is 7.84. The fourth-order valence-corrected chi connectivity index (χ4v) is 2.11. The maximum atomic E-state index is 10.6. The average molecular weight is 320 g/mol. The van der Waals surface area contributed by atoms with Gasteiger partial charge in [0, 0.05) is 11.6 Å². The van der Waals surface area contributed by atoms with Crippen molar-refractivity contribution in [3.63, 3.8) is 0 Å². The number of carbonyl (C=O) groups is 1. The molecule has 0 N–H and O–H groups in total. The molecule has 2 rings (SSSR count). The minimum absolute atomic E-state index is 0.257. The fourth-order valence-electron chi connectivity index (χ4n) is 1.28. The van der Waals surface area contributed by atoms with Gasteiger partial charge < -0.3 is 4.42 Å². The summed E-state index contributed by atoms with van der Waals surface area (Å²) in [5.41, 5.74) is 0.759. The van der Waals surface area contributed by atoms with Crippen LogP contribution in [0.15, 0.2) is 33.2 Å². The van der Waals surface area contributed by atoms with Crippen molar-refractivity contribution in [3.05, 3.63) is 44.5 Å². The zero-order chi connectivity index (χ0) is 11.7. The van der Waals surface area contributed by atoms with Crippen molar-refractivity contribution in [2.75, 3.05) is 0 Å². The lowest BCUT2D eigenvalue weighted by Gasteiger charge is -2.00. The van der Waals surface area contributed by atoms with Crippen molar-refractivity contribution in [3.8, 4) is 11.3 Å². The van der Waals surface area contributed by atoms with Crippen molar-refractivity contribution >= 4 is 45.4 Å². The maximum Gasteiger partial charge on any atom is 0.185 e. The van der Waals surface area contributed by atoms with Gasteiger partial charge in [0.15, 0.2) is 12.0 Å². The van der Waals surface area contributed by atoms with Gasteiger partial charge in [0.1, 0.15) is 5.76 Å². The molecule has 1 aromatic heterocycles. The quantitative estimate of drug-likeness (QED) is 0.742. The van der Waals surface area contributed by atoms with Gasteiger partial charge in [-0.1, -0.05) is 23.2 Å². The van der Waals surface area contributed by atoms with Gasteiger partial charge >= 0.3 is 0 Å². The Bertz CT molecular complexity index is 549. The summed E-state index contributed by atoms with van der Waals surface area (Å²) in [6.07, 6.45) is 0.645. The first-order valence-corrected chi connectivity index (χ1v) is 5.86. The van der Waals surface area contributed by atoms with E-state index >= 15 is 0 Å². The van der Waals surface area contributed by atoms with Gasteiger partial charge in [0.05, 0.1) is 14.5 Å². The second-order valence-electron chi connectivity index (χ2n) is 3.07. The van der Waals surface area contributed by atoms with Crippen molar-refractivity contribution in [1.29, 1.82) is 0 Å². The van der Waals surface area contributed by atoms with Crippen molar-refractivity contribution < 1.29 is 9.21 Å². The Morgan fingerprint density at radius 3 is 2.50 bits per heavy atom. The van der Waals surface area contributed by atoms with E-state index in [0.29, 0.717) is 26.6 Å². The van der Waals surface area contributed by atoms with Crippen LogP contribution in [0.25, 0.3) is 11.3 Å². The first kappa shape index (κ1) is 11.7. The minimum Gasteiger partial charge on any atom is -0.452 e. The Hall–Kier alpha value is -0.770. The van der Waals surface area contributed by atoms with Crippen LogP contribution in [0.3, 0.4) is 0 Å². The van der Waals surface area contributed by atoms with Crippen LogP contribution in [0.2, 0.25) is 10.0 Å². The fraction of sp³-hybridized carbons (Fsp3) is 0. The van der Waals surface area contributed by atoms with E-state index in [2.05, 4.69) is 15.9 Å². The summed E-state index contributed by atoms with van der Waals surface area (Å²) in [5.74, 6) is 0.814. The second kappa shape index (κ2) is 4.62. The van der Waals surface area contributed by atoms with Crippen LogP contribution in [0.4, 0.5) is 0 Å². The van der Waals surface area contributed by atoms with E-state index in [4.69, 9.17) is 27.6 Å². The third-order valence-corrected chi connectivity index (χ3v) is 3.33. The van der Waals surface area contributed by atoms with Gasteiger partial charge in [-0.05, 0) is 34.1 Å². The monoisotopic (exact) mass is 318 g/mol. The molecule has 82 valence electrons. The third-order valence-electron chi connectivity index (χ3n) is 2.00. The smallest absolute Gasteiger partial charge is 0.185 e. The lowest BCUT2D eigenvalue weighted by molar-refractivity contribution is 0.110. The van der Waals surface area contributed by atoms with Crippen LogP contribution >= 0.6 is 39.1 Å². The number of hydrogen-bond acceptors (Lipinski definition) is 2. The number of carbonyl (C=O) groups excluding carboxylic acids is 1. The molecule has 2 nitrogen and oxygen atoms in total. The van der Waals surface area contributed by atoms with Crippen molar-refractivity contribution in [2.45, 2.75) is 0 Å². The highest BCUT2D eigenvalue weighted by molar-refractivity contribution is 9.10. The van der Waals surface area contributed by atoms with E-state index in [1.807, 2.05) is 0 Å². The largest absolute Gasteiger partial charge is 0.452 e. The van der Waals surface area contributed by atoms with E-state index in [0.717, 1.165) is 5.56 Å². The SMILES string of the molecule is O=Cc1cc(Br)c(-c2ccc(Cl)c(Cl)c2)o1. The standard InChI is InChI=1S/C11H5BrCl2O2/c12-8-4-7(5-15)16-11(8)6-1-2-9(13)10(14)3-6/h1-5H. The van der Waals surface area contributed by atoms with Crippen LogP contribution < -0.4 is 0 Å². The van der Waals surface area contributed by atoms with Crippen molar-refractivity contribution in [2.24, 2.45) is 0 Å². The van der Waals surface area contributed by atoms with E-state index in [1.165, 1.54) is 0 Å². The molecule has 0 atom stereocenters. The molecule has 1 heterocycles. The number of benzene rings is 1. The summed E-state index contributed by atoms with van der Waals surface area (Å²) in [6.45, 7) is 0.